The second-order valence-corrected chi connectivity index (χ2v) is 15.2. The molecule has 46 heavy (non-hydrogen) atoms. The van der Waals surface area contributed by atoms with E-state index in [4.69, 9.17) is 70.8 Å². The zero-order chi connectivity index (χ0) is 33.4. The molecule has 244 valence electrons. The largest absolute Gasteiger partial charge is 0.325 e. The highest BCUT2D eigenvalue weighted by molar-refractivity contribution is 8.29. The Balaban J connectivity index is 1.17. The minimum Gasteiger partial charge on any atom is -0.325 e. The van der Waals surface area contributed by atoms with E-state index < -0.39 is 0 Å². The van der Waals surface area contributed by atoms with E-state index in [2.05, 4.69) is 10.6 Å². The Labute approximate surface area is 306 Å². The van der Waals surface area contributed by atoms with Gasteiger partial charge in [0, 0.05) is 36.0 Å². The SMILES string of the molecule is O=C(CCCCCN1C(=O)/C(=C2\SC(=S)N(CCCCCC(=O)Nc3ccc(Cl)cc3Cl)C2=O)SC1=S)Nc1ccc(Cl)cc1Cl. The molecule has 2 aromatic carbocycles. The molecule has 0 aliphatic carbocycles. The fourth-order valence-electron chi connectivity index (χ4n) is 4.53. The van der Waals surface area contributed by atoms with Crippen LogP contribution in [-0.2, 0) is 19.2 Å². The first-order valence-corrected chi connectivity index (χ1v) is 18.2. The molecule has 0 bridgehead atoms. The molecule has 2 saturated heterocycles. The molecular weight excluding hydrogens is 750 g/mol. The van der Waals surface area contributed by atoms with Gasteiger partial charge < -0.3 is 10.6 Å². The summed E-state index contributed by atoms with van der Waals surface area (Å²) in [6, 6.07) is 9.72. The van der Waals surface area contributed by atoms with Gasteiger partial charge in [-0.3, -0.25) is 29.0 Å². The molecule has 2 fully saturated rings. The van der Waals surface area contributed by atoms with E-state index >= 15 is 0 Å². The van der Waals surface area contributed by atoms with Gasteiger partial charge in [0.1, 0.15) is 8.64 Å². The number of halogens is 4. The van der Waals surface area contributed by atoms with Crippen molar-refractivity contribution in [3.8, 4) is 0 Å². The number of anilines is 2. The van der Waals surface area contributed by atoms with Gasteiger partial charge in [0.25, 0.3) is 11.8 Å². The minimum absolute atomic E-state index is 0.165. The summed E-state index contributed by atoms with van der Waals surface area (Å²) in [6.07, 6.45) is 4.51. The van der Waals surface area contributed by atoms with Crippen molar-refractivity contribution in [3.05, 3.63) is 66.3 Å². The van der Waals surface area contributed by atoms with Gasteiger partial charge in [-0.05, 0) is 62.1 Å². The minimum atomic E-state index is -0.308. The molecule has 0 saturated carbocycles. The second kappa shape index (κ2) is 17.5. The number of thiocarbonyl (C=S) groups is 2. The number of carbonyl (C=O) groups is 4. The average Bonchev–Trinajstić information content (AvgIpc) is 3.44. The van der Waals surface area contributed by atoms with Crippen LogP contribution in [0, 0.1) is 0 Å². The molecule has 0 aromatic heterocycles. The van der Waals surface area contributed by atoms with E-state index in [1.165, 1.54) is 9.80 Å². The molecule has 2 aliphatic heterocycles. The number of nitrogens with one attached hydrogen (secondary N) is 2. The van der Waals surface area contributed by atoms with Gasteiger partial charge in [0.2, 0.25) is 11.8 Å². The van der Waals surface area contributed by atoms with Crippen molar-refractivity contribution in [1.82, 2.24) is 9.80 Å². The van der Waals surface area contributed by atoms with Crippen LogP contribution in [-0.4, -0.2) is 55.2 Å². The van der Waals surface area contributed by atoms with Crippen LogP contribution < -0.4 is 10.6 Å². The first-order valence-electron chi connectivity index (χ1n) is 14.3. The first-order chi connectivity index (χ1) is 21.9. The third-order valence-electron chi connectivity index (χ3n) is 6.89. The summed E-state index contributed by atoms with van der Waals surface area (Å²) in [6.45, 7) is 0.772. The maximum Gasteiger partial charge on any atom is 0.267 e. The number of rotatable bonds is 14. The molecule has 4 rings (SSSR count). The lowest BCUT2D eigenvalue weighted by molar-refractivity contribution is -0.124. The van der Waals surface area contributed by atoms with Crippen molar-refractivity contribution in [3.63, 3.8) is 0 Å². The molecule has 0 radical (unpaired) electrons. The van der Waals surface area contributed by atoms with E-state index in [-0.39, 0.29) is 23.6 Å². The van der Waals surface area contributed by atoms with Gasteiger partial charge >= 0.3 is 0 Å². The summed E-state index contributed by atoms with van der Waals surface area (Å²) < 4.78 is 0.775. The highest BCUT2D eigenvalue weighted by Gasteiger charge is 2.41. The molecule has 0 spiro atoms. The standard InChI is InChI=1S/C30H28Cl4N4O4S4/c31-17-9-11-21(19(33)15-17)35-23(39)7-3-1-5-13-37-27(41)25(45-29(37)43)26-28(42)38(30(44)46-26)14-6-2-4-8-24(40)36-22-12-10-18(32)16-20(22)34/h9-12,15-16H,1-8,13-14H2,(H,35,39)(H,36,40)/b26-25+. The summed E-state index contributed by atoms with van der Waals surface area (Å²) in [5.41, 5.74) is 1.00. The third-order valence-corrected chi connectivity index (χ3v) is 11.0. The Morgan fingerprint density at radius 1 is 0.630 bits per heavy atom. The molecule has 2 aromatic rings. The smallest absolute Gasteiger partial charge is 0.267 e. The van der Waals surface area contributed by atoms with Crippen LogP contribution in [0.2, 0.25) is 20.1 Å². The Morgan fingerprint density at radius 2 is 1.02 bits per heavy atom. The molecule has 2 heterocycles. The molecule has 0 atom stereocenters. The van der Waals surface area contributed by atoms with Crippen molar-refractivity contribution in [2.75, 3.05) is 23.7 Å². The van der Waals surface area contributed by atoms with Crippen molar-refractivity contribution < 1.29 is 19.2 Å². The van der Waals surface area contributed by atoms with Crippen LogP contribution >= 0.6 is 94.4 Å². The van der Waals surface area contributed by atoms with Crippen LogP contribution in [0.3, 0.4) is 0 Å². The van der Waals surface area contributed by atoms with E-state index in [1.54, 1.807) is 36.4 Å². The molecule has 2 aliphatic rings. The van der Waals surface area contributed by atoms with Crippen molar-refractivity contribution in [1.29, 1.82) is 0 Å². The number of unbranched alkanes of at least 4 members (excludes halogenated alkanes) is 4. The zero-order valence-corrected chi connectivity index (χ0v) is 30.5. The van der Waals surface area contributed by atoms with Crippen LogP contribution in [0.1, 0.15) is 51.4 Å². The maximum atomic E-state index is 13.2. The monoisotopic (exact) mass is 776 g/mol. The van der Waals surface area contributed by atoms with E-state index in [0.717, 1.165) is 23.5 Å². The Hall–Kier alpha value is -1.90. The summed E-state index contributed by atoms with van der Waals surface area (Å²) in [7, 11) is 0. The number of amides is 4. The topological polar surface area (TPSA) is 98.8 Å². The van der Waals surface area contributed by atoms with Crippen LogP contribution in [0.25, 0.3) is 0 Å². The van der Waals surface area contributed by atoms with Gasteiger partial charge in [-0.1, -0.05) is 107 Å². The highest BCUT2D eigenvalue weighted by atomic mass is 35.5. The summed E-state index contributed by atoms with van der Waals surface area (Å²) in [5.74, 6) is -0.946. The third kappa shape index (κ3) is 10.1. The predicted octanol–water partition coefficient (Wildman–Crippen LogP) is 8.93. The van der Waals surface area contributed by atoms with Gasteiger partial charge in [-0.25, -0.2) is 0 Å². The van der Waals surface area contributed by atoms with Gasteiger partial charge in [0.15, 0.2) is 0 Å². The van der Waals surface area contributed by atoms with E-state index in [0.29, 0.717) is 114 Å². The van der Waals surface area contributed by atoms with Crippen molar-refractivity contribution >= 4 is 138 Å². The van der Waals surface area contributed by atoms with Crippen molar-refractivity contribution in [2.24, 2.45) is 0 Å². The lowest BCUT2D eigenvalue weighted by atomic mass is 10.1. The molecule has 0 unspecified atom stereocenters. The Morgan fingerprint density at radius 3 is 1.39 bits per heavy atom. The number of hydrogen-bond acceptors (Lipinski definition) is 8. The first kappa shape index (κ1) is 36.9. The molecular formula is C30H28Cl4N4O4S4. The van der Waals surface area contributed by atoms with Crippen molar-refractivity contribution in [2.45, 2.75) is 51.4 Å². The molecule has 2 N–H and O–H groups in total. The number of carbonyl (C=O) groups excluding carboxylic acids is 4. The van der Waals surface area contributed by atoms with Gasteiger partial charge in [-0.15, -0.1) is 0 Å². The quantitative estimate of drug-likeness (QED) is 0.112. The number of hydrogen-bond donors (Lipinski definition) is 2. The lowest BCUT2D eigenvalue weighted by Gasteiger charge is -2.14. The number of nitrogens with zero attached hydrogens (tertiary/aromatic N) is 2. The van der Waals surface area contributed by atoms with Crippen LogP contribution in [0.5, 0.6) is 0 Å². The fourth-order valence-corrected chi connectivity index (χ4v) is 8.21. The number of benzene rings is 2. The summed E-state index contributed by atoms with van der Waals surface area (Å²) in [4.78, 5) is 54.6. The zero-order valence-electron chi connectivity index (χ0n) is 24.2. The highest BCUT2D eigenvalue weighted by Crippen LogP contribution is 2.42. The predicted molar refractivity (Wildman–Crippen MR) is 198 cm³/mol. The molecule has 8 nitrogen and oxygen atoms in total. The number of thioether (sulfide) groups is 2. The average molecular weight is 779 g/mol. The maximum absolute atomic E-state index is 13.2. The summed E-state index contributed by atoms with van der Waals surface area (Å²) in [5, 5.41) is 7.24. The van der Waals surface area contributed by atoms with Crippen LogP contribution in [0.15, 0.2) is 46.2 Å². The van der Waals surface area contributed by atoms with Crippen LogP contribution in [0.4, 0.5) is 11.4 Å². The normalized spacial score (nSPS) is 16.5. The van der Waals surface area contributed by atoms with Gasteiger partial charge in [0.05, 0.1) is 31.2 Å². The van der Waals surface area contributed by atoms with E-state index in [1.807, 2.05) is 0 Å². The summed E-state index contributed by atoms with van der Waals surface area (Å²) >= 11 is 37.1. The molecule has 4 amide bonds. The Bertz CT molecular complexity index is 1490. The van der Waals surface area contributed by atoms with Gasteiger partial charge in [-0.2, -0.15) is 0 Å². The Kier molecular flexibility index (Phi) is 14.0. The van der Waals surface area contributed by atoms with E-state index in [9.17, 15) is 19.2 Å². The fraction of sp³-hybridized carbons (Fsp3) is 0.333. The lowest BCUT2D eigenvalue weighted by Crippen LogP contribution is -2.31. The second-order valence-electron chi connectivity index (χ2n) is 10.3. The molecule has 16 heteroatoms.